The Kier molecular flexibility index (Phi) is 5.38. The van der Waals surface area contributed by atoms with E-state index in [4.69, 9.17) is 4.74 Å². The average Bonchev–Trinajstić information content (AvgIpc) is 2.72. The predicted molar refractivity (Wildman–Crippen MR) is 109 cm³/mol. The number of nitrogens with zero attached hydrogens (tertiary/aromatic N) is 2. The quantitative estimate of drug-likeness (QED) is 0.692. The number of hydrogen-bond acceptors (Lipinski definition) is 5. The van der Waals surface area contributed by atoms with Crippen molar-refractivity contribution in [2.75, 3.05) is 33.3 Å². The molecule has 2 aromatic rings. The van der Waals surface area contributed by atoms with Crippen molar-refractivity contribution in [1.29, 1.82) is 0 Å². The summed E-state index contributed by atoms with van der Waals surface area (Å²) in [4.78, 5) is 0.284. The van der Waals surface area contributed by atoms with Gasteiger partial charge in [0.15, 0.2) is 0 Å². The van der Waals surface area contributed by atoms with E-state index in [1.165, 1.54) is 40.0 Å². The molecule has 10 heteroatoms. The smallest absolute Gasteiger partial charge is 0.243 e. The van der Waals surface area contributed by atoms with Crippen molar-refractivity contribution in [2.45, 2.75) is 22.6 Å². The van der Waals surface area contributed by atoms with Gasteiger partial charge in [-0.05, 0) is 61.4 Å². The lowest BCUT2D eigenvalue weighted by Gasteiger charge is -2.52. The number of hydrogen-bond donors (Lipinski definition) is 0. The van der Waals surface area contributed by atoms with E-state index >= 15 is 0 Å². The highest BCUT2D eigenvalue weighted by Gasteiger charge is 2.50. The zero-order chi connectivity index (χ0) is 21.6. The summed E-state index contributed by atoms with van der Waals surface area (Å²) < 4.78 is 72.2. The van der Waals surface area contributed by atoms with E-state index in [1.54, 1.807) is 12.1 Å². The van der Waals surface area contributed by atoms with Crippen molar-refractivity contribution in [3.8, 4) is 5.75 Å². The molecule has 2 saturated heterocycles. The molecular weight excluding hydrogens is 431 g/mol. The summed E-state index contributed by atoms with van der Waals surface area (Å²) in [6.45, 7) is 1.39. The second-order valence-corrected chi connectivity index (χ2v) is 11.7. The first kappa shape index (κ1) is 21.2. The lowest BCUT2D eigenvalue weighted by Crippen LogP contribution is -2.62. The Morgan fingerprint density at radius 2 is 1.27 bits per heavy atom. The van der Waals surface area contributed by atoms with Gasteiger partial charge in [0.25, 0.3) is 0 Å². The van der Waals surface area contributed by atoms with Gasteiger partial charge in [0, 0.05) is 31.6 Å². The molecule has 0 aliphatic carbocycles. The van der Waals surface area contributed by atoms with E-state index in [9.17, 15) is 21.2 Å². The molecule has 0 N–H and O–H groups in total. The van der Waals surface area contributed by atoms with E-state index in [-0.39, 0.29) is 15.2 Å². The lowest BCUT2D eigenvalue weighted by molar-refractivity contribution is 0.0197. The molecule has 0 radical (unpaired) electrons. The SMILES string of the molecule is COc1ccc(S(=O)(=O)N2CCC3(CC2)CN(S(=O)(=O)c2ccc(F)cc2)C3)cc1. The van der Waals surface area contributed by atoms with Gasteiger partial charge >= 0.3 is 0 Å². The van der Waals surface area contributed by atoms with Crippen molar-refractivity contribution < 1.29 is 26.0 Å². The second kappa shape index (κ2) is 7.60. The Balaban J connectivity index is 1.40. The first-order valence-corrected chi connectivity index (χ1v) is 12.4. The minimum atomic E-state index is -3.66. The van der Waals surface area contributed by atoms with Crippen LogP contribution in [0, 0.1) is 11.2 Å². The van der Waals surface area contributed by atoms with E-state index in [1.807, 2.05) is 0 Å². The van der Waals surface area contributed by atoms with E-state index in [0.29, 0.717) is 44.8 Å². The summed E-state index contributed by atoms with van der Waals surface area (Å²) in [7, 11) is -5.74. The highest BCUT2D eigenvalue weighted by atomic mass is 32.2. The summed E-state index contributed by atoms with van der Waals surface area (Å²) in [5.41, 5.74) is -0.209. The van der Waals surface area contributed by atoms with Crippen LogP contribution in [-0.2, 0) is 20.0 Å². The number of sulfonamides is 2. The largest absolute Gasteiger partial charge is 0.497 e. The van der Waals surface area contributed by atoms with Crippen molar-refractivity contribution in [1.82, 2.24) is 8.61 Å². The number of benzene rings is 2. The molecule has 2 fully saturated rings. The molecule has 1 spiro atoms. The summed E-state index contributed by atoms with van der Waals surface area (Å²) >= 11 is 0. The Morgan fingerprint density at radius 1 is 0.800 bits per heavy atom. The van der Waals surface area contributed by atoms with Gasteiger partial charge < -0.3 is 4.74 Å². The van der Waals surface area contributed by atoms with Gasteiger partial charge in [-0.2, -0.15) is 8.61 Å². The monoisotopic (exact) mass is 454 g/mol. The first-order valence-electron chi connectivity index (χ1n) is 9.56. The summed E-state index contributed by atoms with van der Waals surface area (Å²) in [5, 5.41) is 0. The van der Waals surface area contributed by atoms with Crippen LogP contribution in [0.4, 0.5) is 4.39 Å². The van der Waals surface area contributed by atoms with Crippen LogP contribution in [-0.4, -0.2) is 58.7 Å². The number of ether oxygens (including phenoxy) is 1. The van der Waals surface area contributed by atoms with Crippen LogP contribution in [0.25, 0.3) is 0 Å². The van der Waals surface area contributed by atoms with Gasteiger partial charge in [0.2, 0.25) is 20.0 Å². The Morgan fingerprint density at radius 3 is 1.77 bits per heavy atom. The molecule has 0 unspecified atom stereocenters. The molecular formula is C20H23FN2O5S2. The van der Waals surface area contributed by atoms with E-state index in [0.717, 1.165) is 12.1 Å². The van der Waals surface area contributed by atoms with Gasteiger partial charge in [-0.25, -0.2) is 21.2 Å². The minimum Gasteiger partial charge on any atom is -0.497 e. The standard InChI is InChI=1S/C20H23FN2O5S2/c1-28-17-4-8-19(9-5-17)29(24,25)22-12-10-20(11-13-22)14-23(15-20)30(26,27)18-6-2-16(21)3-7-18/h2-9H,10-15H2,1H3. The Bertz CT molecular complexity index is 1120. The lowest BCUT2D eigenvalue weighted by atomic mass is 9.74. The van der Waals surface area contributed by atoms with E-state index in [2.05, 4.69) is 0 Å². The Labute approximate surface area is 176 Å². The fourth-order valence-corrected chi connectivity index (χ4v) is 7.15. The summed E-state index contributed by atoms with van der Waals surface area (Å²) in [6.07, 6.45) is 1.19. The zero-order valence-corrected chi connectivity index (χ0v) is 18.1. The molecule has 2 aliphatic heterocycles. The molecule has 7 nitrogen and oxygen atoms in total. The highest BCUT2D eigenvalue weighted by molar-refractivity contribution is 7.89. The topological polar surface area (TPSA) is 84.0 Å². The van der Waals surface area contributed by atoms with Crippen LogP contribution in [0.2, 0.25) is 0 Å². The predicted octanol–water partition coefficient (Wildman–Crippen LogP) is 2.31. The minimum absolute atomic E-state index is 0.0678. The third kappa shape index (κ3) is 3.73. The van der Waals surface area contributed by atoms with Crippen molar-refractivity contribution in [3.05, 3.63) is 54.3 Å². The molecule has 162 valence electrons. The molecule has 2 heterocycles. The second-order valence-electron chi connectivity index (χ2n) is 7.81. The number of methoxy groups -OCH3 is 1. The molecule has 0 atom stereocenters. The molecule has 0 aromatic heterocycles. The highest BCUT2D eigenvalue weighted by Crippen LogP contribution is 2.43. The van der Waals surface area contributed by atoms with Crippen LogP contribution in [0.15, 0.2) is 58.3 Å². The van der Waals surface area contributed by atoms with Crippen molar-refractivity contribution in [3.63, 3.8) is 0 Å². The number of rotatable bonds is 5. The summed E-state index contributed by atoms with van der Waals surface area (Å²) in [5.74, 6) is 0.0999. The number of halogens is 1. The van der Waals surface area contributed by atoms with Gasteiger partial charge in [0.05, 0.1) is 16.9 Å². The third-order valence-electron chi connectivity index (χ3n) is 5.96. The van der Waals surface area contributed by atoms with Crippen LogP contribution >= 0.6 is 0 Å². The van der Waals surface area contributed by atoms with Crippen LogP contribution in [0.3, 0.4) is 0 Å². The van der Waals surface area contributed by atoms with Crippen LogP contribution < -0.4 is 4.74 Å². The molecule has 0 amide bonds. The maximum atomic E-state index is 13.1. The third-order valence-corrected chi connectivity index (χ3v) is 9.67. The maximum absolute atomic E-state index is 13.1. The van der Waals surface area contributed by atoms with Gasteiger partial charge in [-0.1, -0.05) is 0 Å². The van der Waals surface area contributed by atoms with Crippen LogP contribution in [0.1, 0.15) is 12.8 Å². The van der Waals surface area contributed by atoms with E-state index < -0.39 is 25.9 Å². The van der Waals surface area contributed by atoms with Crippen LogP contribution in [0.5, 0.6) is 5.75 Å². The molecule has 2 aliphatic rings. The van der Waals surface area contributed by atoms with Crippen molar-refractivity contribution >= 4 is 20.0 Å². The van der Waals surface area contributed by atoms with Gasteiger partial charge in [-0.3, -0.25) is 0 Å². The maximum Gasteiger partial charge on any atom is 0.243 e. The fraction of sp³-hybridized carbons (Fsp3) is 0.400. The molecule has 0 saturated carbocycles. The number of piperidine rings is 1. The Hall–Kier alpha value is -2.01. The first-order chi connectivity index (χ1) is 14.2. The molecule has 4 rings (SSSR count). The van der Waals surface area contributed by atoms with Gasteiger partial charge in [0.1, 0.15) is 11.6 Å². The molecule has 2 aromatic carbocycles. The van der Waals surface area contributed by atoms with Crippen molar-refractivity contribution in [2.24, 2.45) is 5.41 Å². The fourth-order valence-electron chi connectivity index (χ4n) is 4.04. The average molecular weight is 455 g/mol. The molecule has 0 bridgehead atoms. The van der Waals surface area contributed by atoms with Gasteiger partial charge in [-0.15, -0.1) is 0 Å². The molecule has 30 heavy (non-hydrogen) atoms. The normalized spacial score (nSPS) is 20.1. The zero-order valence-electron chi connectivity index (χ0n) is 16.5. The summed E-state index contributed by atoms with van der Waals surface area (Å²) in [6, 6.07) is 11.1.